The molecule has 0 radical (unpaired) electrons. The van der Waals surface area contributed by atoms with E-state index in [2.05, 4.69) is 5.10 Å². The number of fused-ring (bicyclic) bond motifs is 1. The second-order valence-corrected chi connectivity index (χ2v) is 7.33. The number of likely N-dealkylation sites (tertiary alicyclic amines) is 1. The average Bonchev–Trinajstić information content (AvgIpc) is 3.17. The predicted molar refractivity (Wildman–Crippen MR) is 94.3 cm³/mol. The maximum absolute atomic E-state index is 12.7. The van der Waals surface area contributed by atoms with Crippen molar-refractivity contribution in [2.24, 2.45) is 5.92 Å². The van der Waals surface area contributed by atoms with Gasteiger partial charge >= 0.3 is 0 Å². The van der Waals surface area contributed by atoms with Crippen LogP contribution in [0.4, 0.5) is 0 Å². The van der Waals surface area contributed by atoms with Gasteiger partial charge in [0.2, 0.25) is 5.91 Å². The summed E-state index contributed by atoms with van der Waals surface area (Å²) in [5.74, 6) is 0.549. The summed E-state index contributed by atoms with van der Waals surface area (Å²) < 4.78 is 6.49. The van der Waals surface area contributed by atoms with Crippen LogP contribution in [-0.4, -0.2) is 44.4 Å². The molecule has 1 aliphatic carbocycles. The van der Waals surface area contributed by atoms with Crippen LogP contribution < -0.4 is 5.56 Å². The molecule has 26 heavy (non-hydrogen) atoms. The van der Waals surface area contributed by atoms with Crippen molar-refractivity contribution < 1.29 is 14.3 Å². The lowest BCUT2D eigenvalue weighted by molar-refractivity contribution is -0.144. The van der Waals surface area contributed by atoms with E-state index < -0.39 is 5.60 Å². The number of carbonyl (C=O) groups is 1. The van der Waals surface area contributed by atoms with Gasteiger partial charge in [-0.05, 0) is 37.5 Å². The molecule has 7 nitrogen and oxygen atoms in total. The van der Waals surface area contributed by atoms with Gasteiger partial charge in [-0.25, -0.2) is 4.68 Å². The van der Waals surface area contributed by atoms with Crippen LogP contribution in [0.15, 0.2) is 39.7 Å². The highest BCUT2D eigenvalue weighted by Crippen LogP contribution is 2.39. The third kappa shape index (κ3) is 3.19. The molecule has 3 heterocycles. The summed E-state index contributed by atoms with van der Waals surface area (Å²) in [7, 11) is 0. The van der Waals surface area contributed by atoms with Crippen molar-refractivity contribution in [1.82, 2.24) is 14.7 Å². The standard InChI is InChI=1S/C19H23N3O4/c23-17-7-6-15(16-5-3-11-26-16)20-22(17)13-18(24)21-10-9-19(25)8-2-1-4-14(19)12-21/h3,5-7,11,14,25H,1-2,4,8-10,12-13H2. The van der Waals surface area contributed by atoms with E-state index in [9.17, 15) is 14.7 Å². The number of hydrogen-bond acceptors (Lipinski definition) is 5. The molecule has 1 aliphatic heterocycles. The first-order valence-electron chi connectivity index (χ1n) is 9.17. The summed E-state index contributed by atoms with van der Waals surface area (Å²) in [6.07, 6.45) is 6.08. The van der Waals surface area contributed by atoms with E-state index >= 15 is 0 Å². The van der Waals surface area contributed by atoms with Gasteiger partial charge in [0.05, 0.1) is 11.9 Å². The van der Waals surface area contributed by atoms with Gasteiger partial charge in [0.25, 0.3) is 5.56 Å². The van der Waals surface area contributed by atoms with E-state index in [0.717, 1.165) is 25.7 Å². The zero-order chi connectivity index (χ0) is 18.1. The molecule has 1 N–H and O–H groups in total. The first-order chi connectivity index (χ1) is 12.5. The zero-order valence-electron chi connectivity index (χ0n) is 14.6. The number of aromatic nitrogens is 2. The molecule has 2 aromatic heterocycles. The molecule has 1 saturated carbocycles. The Morgan fingerprint density at radius 3 is 3.00 bits per heavy atom. The van der Waals surface area contributed by atoms with E-state index in [1.165, 1.54) is 17.0 Å². The maximum atomic E-state index is 12.7. The number of hydrogen-bond donors (Lipinski definition) is 1. The van der Waals surface area contributed by atoms with Crippen LogP contribution in [-0.2, 0) is 11.3 Å². The summed E-state index contributed by atoms with van der Waals surface area (Å²) >= 11 is 0. The highest BCUT2D eigenvalue weighted by Gasteiger charge is 2.43. The minimum Gasteiger partial charge on any atom is -0.463 e. The van der Waals surface area contributed by atoms with E-state index in [4.69, 9.17) is 4.42 Å². The van der Waals surface area contributed by atoms with E-state index in [1.54, 1.807) is 23.1 Å². The normalized spacial score (nSPS) is 25.7. The lowest BCUT2D eigenvalue weighted by atomic mass is 9.71. The van der Waals surface area contributed by atoms with Crippen molar-refractivity contribution in [2.75, 3.05) is 13.1 Å². The van der Waals surface area contributed by atoms with Crippen LogP contribution in [0.25, 0.3) is 11.5 Å². The summed E-state index contributed by atoms with van der Waals surface area (Å²) in [5, 5.41) is 15.0. The number of aliphatic hydroxyl groups is 1. The molecule has 1 amide bonds. The summed E-state index contributed by atoms with van der Waals surface area (Å²) in [6, 6.07) is 6.49. The Balaban J connectivity index is 1.48. The number of nitrogens with zero attached hydrogens (tertiary/aromatic N) is 3. The molecular formula is C19H23N3O4. The van der Waals surface area contributed by atoms with E-state index in [-0.39, 0.29) is 23.9 Å². The topological polar surface area (TPSA) is 88.6 Å². The predicted octanol–water partition coefficient (Wildman–Crippen LogP) is 1.66. The number of furan rings is 1. The molecule has 7 heteroatoms. The highest BCUT2D eigenvalue weighted by molar-refractivity contribution is 5.76. The van der Waals surface area contributed by atoms with Crippen molar-refractivity contribution in [3.63, 3.8) is 0 Å². The monoisotopic (exact) mass is 357 g/mol. The molecular weight excluding hydrogens is 334 g/mol. The van der Waals surface area contributed by atoms with Gasteiger partial charge in [-0.15, -0.1) is 0 Å². The third-order valence-corrected chi connectivity index (χ3v) is 5.71. The molecule has 0 spiro atoms. The van der Waals surface area contributed by atoms with E-state index in [1.807, 2.05) is 0 Å². The Morgan fingerprint density at radius 1 is 1.31 bits per heavy atom. The molecule has 138 valence electrons. The fourth-order valence-electron chi connectivity index (χ4n) is 4.14. The molecule has 2 fully saturated rings. The van der Waals surface area contributed by atoms with Crippen LogP contribution in [0.3, 0.4) is 0 Å². The van der Waals surface area contributed by atoms with Gasteiger partial charge in [0.1, 0.15) is 12.2 Å². The molecule has 2 aromatic rings. The second kappa shape index (κ2) is 6.72. The number of amides is 1. The highest BCUT2D eigenvalue weighted by atomic mass is 16.3. The largest absolute Gasteiger partial charge is 0.463 e. The Hall–Kier alpha value is -2.41. The van der Waals surface area contributed by atoms with Crippen LogP contribution in [0.2, 0.25) is 0 Å². The number of rotatable bonds is 3. The van der Waals surface area contributed by atoms with Gasteiger partial charge in [0.15, 0.2) is 5.76 Å². The van der Waals surface area contributed by atoms with Crippen molar-refractivity contribution in [1.29, 1.82) is 0 Å². The smallest absolute Gasteiger partial charge is 0.267 e. The van der Waals surface area contributed by atoms with Crippen molar-refractivity contribution in [3.05, 3.63) is 40.9 Å². The first kappa shape index (κ1) is 17.0. The molecule has 2 aliphatic rings. The molecule has 1 saturated heterocycles. The lowest BCUT2D eigenvalue weighted by Crippen LogP contribution is -2.55. The Morgan fingerprint density at radius 2 is 2.19 bits per heavy atom. The van der Waals surface area contributed by atoms with Crippen LogP contribution in [0, 0.1) is 5.92 Å². The van der Waals surface area contributed by atoms with Crippen molar-refractivity contribution in [2.45, 2.75) is 44.2 Å². The maximum Gasteiger partial charge on any atom is 0.267 e. The SMILES string of the molecule is O=C(Cn1nc(-c2ccco2)ccc1=O)N1CCC2(O)CCCCC2C1. The van der Waals surface area contributed by atoms with Gasteiger partial charge < -0.3 is 14.4 Å². The fraction of sp³-hybridized carbons (Fsp3) is 0.526. The van der Waals surface area contributed by atoms with Crippen LogP contribution >= 0.6 is 0 Å². The zero-order valence-corrected chi connectivity index (χ0v) is 14.6. The Labute approximate surface area is 151 Å². The Kier molecular flexibility index (Phi) is 4.40. The summed E-state index contributed by atoms with van der Waals surface area (Å²) in [4.78, 5) is 26.6. The summed E-state index contributed by atoms with van der Waals surface area (Å²) in [5.41, 5.74) is -0.425. The minimum atomic E-state index is -0.622. The Bertz CT molecular complexity index is 845. The minimum absolute atomic E-state index is 0.0987. The van der Waals surface area contributed by atoms with Gasteiger partial charge in [0, 0.05) is 25.1 Å². The average molecular weight is 357 g/mol. The molecule has 0 aromatic carbocycles. The molecule has 2 atom stereocenters. The molecule has 0 bridgehead atoms. The van der Waals surface area contributed by atoms with Gasteiger partial charge in [-0.2, -0.15) is 5.10 Å². The van der Waals surface area contributed by atoms with Crippen LogP contribution in [0.5, 0.6) is 0 Å². The van der Waals surface area contributed by atoms with Crippen LogP contribution in [0.1, 0.15) is 32.1 Å². The molecule has 4 rings (SSSR count). The number of carbonyl (C=O) groups excluding carboxylic acids is 1. The quantitative estimate of drug-likeness (QED) is 0.902. The van der Waals surface area contributed by atoms with Crippen molar-refractivity contribution in [3.8, 4) is 11.5 Å². The van der Waals surface area contributed by atoms with E-state index in [0.29, 0.717) is 31.0 Å². The summed E-state index contributed by atoms with van der Waals surface area (Å²) in [6.45, 7) is 0.985. The first-order valence-corrected chi connectivity index (χ1v) is 9.17. The fourth-order valence-corrected chi connectivity index (χ4v) is 4.14. The number of piperidine rings is 1. The second-order valence-electron chi connectivity index (χ2n) is 7.33. The van der Waals surface area contributed by atoms with Gasteiger partial charge in [-0.3, -0.25) is 9.59 Å². The lowest BCUT2D eigenvalue weighted by Gasteiger charge is -2.47. The molecule has 2 unspecified atom stereocenters. The van der Waals surface area contributed by atoms with Gasteiger partial charge in [-0.1, -0.05) is 12.8 Å². The van der Waals surface area contributed by atoms with Crippen molar-refractivity contribution >= 4 is 5.91 Å². The third-order valence-electron chi connectivity index (χ3n) is 5.71.